The standard InChI is InChI=1S/C12H16N2O3/c1-3-14(4-2)11(15)9-17-12(16)10-6-5-7-13-8-10/h5-8H,3-4,9H2,1-2H3. The number of carbonyl (C=O) groups excluding carboxylic acids is 2. The van der Waals surface area contributed by atoms with Gasteiger partial charge in [0.1, 0.15) is 0 Å². The van der Waals surface area contributed by atoms with Gasteiger partial charge in [0.15, 0.2) is 6.61 Å². The van der Waals surface area contributed by atoms with Gasteiger partial charge in [-0.3, -0.25) is 9.78 Å². The summed E-state index contributed by atoms with van der Waals surface area (Å²) in [5.41, 5.74) is 0.347. The number of esters is 1. The molecule has 0 aliphatic rings. The molecule has 0 aromatic carbocycles. The Balaban J connectivity index is 2.46. The Morgan fingerprint density at radius 2 is 2.06 bits per heavy atom. The number of amides is 1. The van der Waals surface area contributed by atoms with Gasteiger partial charge in [-0.25, -0.2) is 4.79 Å². The minimum atomic E-state index is -0.529. The molecule has 0 bridgehead atoms. The van der Waals surface area contributed by atoms with E-state index in [0.717, 1.165) is 0 Å². The van der Waals surface area contributed by atoms with Crippen LogP contribution in [0.25, 0.3) is 0 Å². The van der Waals surface area contributed by atoms with E-state index >= 15 is 0 Å². The van der Waals surface area contributed by atoms with E-state index < -0.39 is 5.97 Å². The lowest BCUT2D eigenvalue weighted by Crippen LogP contribution is -2.34. The Hall–Kier alpha value is -1.91. The molecule has 5 nitrogen and oxygen atoms in total. The molecule has 0 saturated carbocycles. The van der Waals surface area contributed by atoms with Gasteiger partial charge >= 0.3 is 5.97 Å². The number of aromatic nitrogens is 1. The summed E-state index contributed by atoms with van der Waals surface area (Å²) in [4.78, 5) is 28.5. The maximum Gasteiger partial charge on any atom is 0.340 e. The number of likely N-dealkylation sites (N-methyl/N-ethyl adjacent to an activating group) is 1. The molecule has 1 aromatic rings. The maximum absolute atomic E-state index is 11.6. The summed E-state index contributed by atoms with van der Waals surface area (Å²) in [6, 6.07) is 3.24. The SMILES string of the molecule is CCN(CC)C(=O)COC(=O)c1cccnc1. The first kappa shape index (κ1) is 13.2. The minimum absolute atomic E-state index is 0.188. The molecule has 1 amide bonds. The summed E-state index contributed by atoms with van der Waals surface area (Å²) in [5, 5.41) is 0. The second-order valence-electron chi connectivity index (χ2n) is 3.38. The van der Waals surface area contributed by atoms with Crippen LogP contribution in [-0.2, 0) is 9.53 Å². The van der Waals surface area contributed by atoms with E-state index in [4.69, 9.17) is 4.74 Å². The first-order valence-electron chi connectivity index (χ1n) is 5.54. The molecule has 0 atom stereocenters. The lowest BCUT2D eigenvalue weighted by atomic mass is 10.3. The van der Waals surface area contributed by atoms with Gasteiger partial charge in [0.2, 0.25) is 0 Å². The zero-order chi connectivity index (χ0) is 12.7. The summed E-state index contributed by atoms with van der Waals surface area (Å²) in [5.74, 6) is -0.717. The van der Waals surface area contributed by atoms with Crippen LogP contribution in [0.5, 0.6) is 0 Å². The third-order valence-corrected chi connectivity index (χ3v) is 2.34. The van der Waals surface area contributed by atoms with Crippen LogP contribution < -0.4 is 0 Å². The fourth-order valence-corrected chi connectivity index (χ4v) is 1.36. The average molecular weight is 236 g/mol. The van der Waals surface area contributed by atoms with Gasteiger partial charge < -0.3 is 9.64 Å². The minimum Gasteiger partial charge on any atom is -0.452 e. The molecular formula is C12H16N2O3. The first-order valence-corrected chi connectivity index (χ1v) is 5.54. The smallest absolute Gasteiger partial charge is 0.340 e. The number of hydrogen-bond donors (Lipinski definition) is 0. The fourth-order valence-electron chi connectivity index (χ4n) is 1.36. The molecule has 0 aliphatic heterocycles. The third kappa shape index (κ3) is 3.86. The highest BCUT2D eigenvalue weighted by Crippen LogP contribution is 1.99. The van der Waals surface area contributed by atoms with Gasteiger partial charge in [-0.05, 0) is 26.0 Å². The number of rotatable bonds is 5. The van der Waals surface area contributed by atoms with Gasteiger partial charge in [-0.1, -0.05) is 0 Å². The van der Waals surface area contributed by atoms with Crippen molar-refractivity contribution >= 4 is 11.9 Å². The topological polar surface area (TPSA) is 59.5 Å². The average Bonchev–Trinajstić information content (AvgIpc) is 2.38. The van der Waals surface area contributed by atoms with Gasteiger partial charge in [0.25, 0.3) is 5.91 Å². The van der Waals surface area contributed by atoms with Gasteiger partial charge in [-0.15, -0.1) is 0 Å². The Bertz CT molecular complexity index is 375. The van der Waals surface area contributed by atoms with Gasteiger partial charge in [-0.2, -0.15) is 0 Å². The molecule has 1 heterocycles. The highest BCUT2D eigenvalue weighted by Gasteiger charge is 2.13. The summed E-state index contributed by atoms with van der Waals surface area (Å²) >= 11 is 0. The zero-order valence-corrected chi connectivity index (χ0v) is 10.0. The van der Waals surface area contributed by atoms with Crippen molar-refractivity contribution in [3.8, 4) is 0 Å². The number of pyridine rings is 1. The quantitative estimate of drug-likeness (QED) is 0.718. The largest absolute Gasteiger partial charge is 0.452 e. The van der Waals surface area contributed by atoms with Crippen LogP contribution >= 0.6 is 0 Å². The van der Waals surface area contributed by atoms with Crippen molar-refractivity contribution < 1.29 is 14.3 Å². The van der Waals surface area contributed by atoms with Crippen molar-refractivity contribution in [3.63, 3.8) is 0 Å². The Morgan fingerprint density at radius 3 is 2.59 bits per heavy atom. The molecule has 0 N–H and O–H groups in total. The second-order valence-corrected chi connectivity index (χ2v) is 3.38. The molecule has 1 aromatic heterocycles. The van der Waals surface area contributed by atoms with E-state index in [-0.39, 0.29) is 12.5 Å². The summed E-state index contributed by atoms with van der Waals surface area (Å²) in [7, 11) is 0. The molecule has 0 unspecified atom stereocenters. The maximum atomic E-state index is 11.6. The second kappa shape index (κ2) is 6.62. The van der Waals surface area contributed by atoms with E-state index in [0.29, 0.717) is 18.7 Å². The molecule has 0 saturated heterocycles. The third-order valence-electron chi connectivity index (χ3n) is 2.34. The molecular weight excluding hydrogens is 220 g/mol. The monoisotopic (exact) mass is 236 g/mol. The van der Waals surface area contributed by atoms with E-state index in [1.54, 1.807) is 23.2 Å². The molecule has 0 radical (unpaired) electrons. The van der Waals surface area contributed by atoms with E-state index in [9.17, 15) is 9.59 Å². The van der Waals surface area contributed by atoms with E-state index in [1.165, 1.54) is 6.20 Å². The highest BCUT2D eigenvalue weighted by atomic mass is 16.5. The van der Waals surface area contributed by atoms with Crippen molar-refractivity contribution in [2.75, 3.05) is 19.7 Å². The molecule has 92 valence electrons. The Labute approximate surface area is 100 Å². The van der Waals surface area contributed by atoms with Crippen LogP contribution in [0, 0.1) is 0 Å². The summed E-state index contributed by atoms with van der Waals surface area (Å²) < 4.78 is 4.90. The van der Waals surface area contributed by atoms with E-state index in [1.807, 2.05) is 13.8 Å². The normalized spacial score (nSPS) is 9.76. The Morgan fingerprint density at radius 1 is 1.35 bits per heavy atom. The molecule has 0 aliphatic carbocycles. The Kier molecular flexibility index (Phi) is 5.13. The van der Waals surface area contributed by atoms with Crippen molar-refractivity contribution in [1.29, 1.82) is 0 Å². The van der Waals surface area contributed by atoms with Crippen molar-refractivity contribution in [2.45, 2.75) is 13.8 Å². The lowest BCUT2D eigenvalue weighted by molar-refractivity contribution is -0.134. The number of carbonyl (C=O) groups is 2. The van der Waals surface area contributed by atoms with Crippen LogP contribution in [-0.4, -0.2) is 41.5 Å². The molecule has 0 fully saturated rings. The van der Waals surface area contributed by atoms with Crippen LogP contribution in [0.4, 0.5) is 0 Å². The number of ether oxygens (including phenoxy) is 1. The van der Waals surface area contributed by atoms with E-state index in [2.05, 4.69) is 4.98 Å². The first-order chi connectivity index (χ1) is 8.19. The fraction of sp³-hybridized carbons (Fsp3) is 0.417. The van der Waals surface area contributed by atoms with Crippen LogP contribution in [0.1, 0.15) is 24.2 Å². The predicted molar refractivity (Wildman–Crippen MR) is 62.4 cm³/mol. The summed E-state index contributed by atoms with van der Waals surface area (Å²) in [6.07, 6.45) is 2.97. The number of nitrogens with zero attached hydrogens (tertiary/aromatic N) is 2. The van der Waals surface area contributed by atoms with Crippen LogP contribution in [0.3, 0.4) is 0 Å². The predicted octanol–water partition coefficient (Wildman–Crippen LogP) is 1.11. The van der Waals surface area contributed by atoms with Gasteiger partial charge in [0.05, 0.1) is 5.56 Å². The van der Waals surface area contributed by atoms with Crippen LogP contribution in [0.2, 0.25) is 0 Å². The molecule has 0 spiro atoms. The molecule has 17 heavy (non-hydrogen) atoms. The molecule has 1 rings (SSSR count). The van der Waals surface area contributed by atoms with Crippen molar-refractivity contribution in [1.82, 2.24) is 9.88 Å². The number of hydrogen-bond acceptors (Lipinski definition) is 4. The zero-order valence-electron chi connectivity index (χ0n) is 10.0. The van der Waals surface area contributed by atoms with Crippen molar-refractivity contribution in [2.24, 2.45) is 0 Å². The van der Waals surface area contributed by atoms with Gasteiger partial charge in [0, 0.05) is 25.5 Å². The molecule has 5 heteroatoms. The lowest BCUT2D eigenvalue weighted by Gasteiger charge is -2.18. The highest BCUT2D eigenvalue weighted by molar-refractivity contribution is 5.90. The van der Waals surface area contributed by atoms with Crippen molar-refractivity contribution in [3.05, 3.63) is 30.1 Å². The summed E-state index contributed by atoms with van der Waals surface area (Å²) in [6.45, 7) is 4.75. The van der Waals surface area contributed by atoms with Crippen LogP contribution in [0.15, 0.2) is 24.5 Å².